The number of nitrogens with one attached hydrogen (secondary N) is 3. The van der Waals surface area contributed by atoms with Crippen LogP contribution in [0.4, 0.5) is 5.95 Å². The van der Waals surface area contributed by atoms with Crippen molar-refractivity contribution < 1.29 is 14.3 Å². The summed E-state index contributed by atoms with van der Waals surface area (Å²) in [7, 11) is 5.37. The van der Waals surface area contributed by atoms with E-state index in [-0.39, 0.29) is 42.9 Å². The Hall–Kier alpha value is -1.58. The van der Waals surface area contributed by atoms with Gasteiger partial charge in [-0.05, 0) is 56.0 Å². The summed E-state index contributed by atoms with van der Waals surface area (Å²) in [6.45, 7) is 3.38. The number of imidazole rings is 1. The lowest BCUT2D eigenvalue weighted by molar-refractivity contribution is 0.0125. The lowest BCUT2D eigenvalue weighted by atomic mass is 9.77. The molecule has 0 spiro atoms. The number of carbonyl (C=O) groups is 1. The molecule has 4 rings (SSSR count). The van der Waals surface area contributed by atoms with E-state index < -0.39 is 0 Å². The number of rotatable bonds is 7. The summed E-state index contributed by atoms with van der Waals surface area (Å²) < 4.78 is 12.8. The number of carbonyl (C=O) groups excluding carboxylic acids is 1. The molecule has 174 valence electrons. The maximum atomic E-state index is 13.0. The smallest absolute Gasteiger partial charge is 0.251 e. The predicted octanol–water partition coefficient (Wildman–Crippen LogP) is 2.22. The maximum Gasteiger partial charge on any atom is 0.251 e. The molecule has 1 saturated heterocycles. The van der Waals surface area contributed by atoms with Crippen molar-refractivity contribution in [2.45, 2.75) is 25.0 Å². The molecule has 1 aliphatic heterocycles. The SMILES string of the molecule is COCCNc1nc2cc(C(=O)N[C@H]3C[C@H]4CNC[C@H]4C[C@@H]3OC)ccc2n1C.Cl.Cl. The van der Waals surface area contributed by atoms with Crippen molar-refractivity contribution >= 4 is 47.7 Å². The zero-order chi connectivity index (χ0) is 20.4. The average molecular weight is 474 g/mol. The highest BCUT2D eigenvalue weighted by Gasteiger charge is 2.40. The highest BCUT2D eigenvalue weighted by Crippen LogP contribution is 2.34. The first-order chi connectivity index (χ1) is 14.1. The van der Waals surface area contributed by atoms with Gasteiger partial charge in [0.25, 0.3) is 5.91 Å². The van der Waals surface area contributed by atoms with E-state index in [2.05, 4.69) is 20.9 Å². The Morgan fingerprint density at radius 2 is 1.97 bits per heavy atom. The van der Waals surface area contributed by atoms with Crippen LogP contribution in [0.2, 0.25) is 0 Å². The van der Waals surface area contributed by atoms with Gasteiger partial charge < -0.3 is 30.0 Å². The van der Waals surface area contributed by atoms with Gasteiger partial charge in [0.1, 0.15) is 0 Å². The van der Waals surface area contributed by atoms with Gasteiger partial charge in [-0.3, -0.25) is 4.79 Å². The van der Waals surface area contributed by atoms with Crippen LogP contribution in [0.15, 0.2) is 18.2 Å². The van der Waals surface area contributed by atoms with Crippen molar-refractivity contribution in [3.63, 3.8) is 0 Å². The van der Waals surface area contributed by atoms with Crippen molar-refractivity contribution in [1.82, 2.24) is 20.2 Å². The van der Waals surface area contributed by atoms with E-state index in [0.717, 1.165) is 42.9 Å². The number of methoxy groups -OCH3 is 2. The third kappa shape index (κ3) is 5.43. The second-order valence-electron chi connectivity index (χ2n) is 8.12. The Kier molecular flexibility index (Phi) is 9.39. The Labute approximate surface area is 195 Å². The molecule has 2 heterocycles. The van der Waals surface area contributed by atoms with Gasteiger partial charge >= 0.3 is 0 Å². The van der Waals surface area contributed by atoms with Gasteiger partial charge in [0.05, 0.1) is 29.8 Å². The zero-order valence-electron chi connectivity index (χ0n) is 18.2. The van der Waals surface area contributed by atoms with E-state index in [1.807, 2.05) is 29.8 Å². The number of hydrogen-bond donors (Lipinski definition) is 3. The summed E-state index contributed by atoms with van der Waals surface area (Å²) in [6.07, 6.45) is 2.02. The van der Waals surface area contributed by atoms with Crippen LogP contribution in [-0.4, -0.2) is 68.1 Å². The molecule has 1 saturated carbocycles. The highest BCUT2D eigenvalue weighted by atomic mass is 35.5. The number of halogens is 2. The van der Waals surface area contributed by atoms with Gasteiger partial charge in [-0.25, -0.2) is 4.98 Å². The van der Waals surface area contributed by atoms with E-state index >= 15 is 0 Å². The quantitative estimate of drug-likeness (QED) is 0.534. The van der Waals surface area contributed by atoms with Crippen LogP contribution in [-0.2, 0) is 16.5 Å². The monoisotopic (exact) mass is 473 g/mol. The molecular formula is C21H33Cl2N5O3. The average Bonchev–Trinajstić information content (AvgIpc) is 3.31. The van der Waals surface area contributed by atoms with Crippen molar-refractivity contribution in [2.24, 2.45) is 18.9 Å². The van der Waals surface area contributed by atoms with Crippen molar-refractivity contribution in [3.8, 4) is 0 Å². The minimum absolute atomic E-state index is 0. The lowest BCUT2D eigenvalue weighted by Gasteiger charge is -2.37. The highest BCUT2D eigenvalue weighted by molar-refractivity contribution is 5.98. The minimum atomic E-state index is -0.0668. The van der Waals surface area contributed by atoms with E-state index in [1.54, 1.807) is 14.2 Å². The summed E-state index contributed by atoms with van der Waals surface area (Å²) in [4.78, 5) is 17.6. The molecule has 1 amide bonds. The Morgan fingerprint density at radius 3 is 2.68 bits per heavy atom. The fourth-order valence-electron chi connectivity index (χ4n) is 4.71. The Balaban J connectivity index is 0.00000171. The number of nitrogens with zero attached hydrogens (tertiary/aromatic N) is 2. The van der Waals surface area contributed by atoms with Crippen molar-refractivity contribution in [2.75, 3.05) is 45.8 Å². The number of benzene rings is 1. The number of hydrogen-bond acceptors (Lipinski definition) is 6. The Morgan fingerprint density at radius 1 is 1.23 bits per heavy atom. The van der Waals surface area contributed by atoms with Gasteiger partial charge in [0.2, 0.25) is 5.95 Å². The number of amides is 1. The standard InChI is InChI=1S/C21H31N5O3.2ClH/c1-26-18-5-4-13(8-16(18)25-21(26)23-6-7-28-2)20(27)24-17-9-14-11-22-12-15(14)10-19(17)29-3;;/h4-5,8,14-15,17,19,22H,6-7,9-12H2,1-3H3,(H,23,25)(H,24,27);2*1H/t14-,15+,17-,19-;;/m0../s1. The summed E-state index contributed by atoms with van der Waals surface area (Å²) in [5.74, 6) is 1.97. The lowest BCUT2D eigenvalue weighted by Crippen LogP contribution is -2.50. The van der Waals surface area contributed by atoms with E-state index in [9.17, 15) is 4.79 Å². The summed E-state index contributed by atoms with van der Waals surface area (Å²) in [6, 6.07) is 5.71. The number of ether oxygens (including phenoxy) is 2. The number of anilines is 1. The molecule has 0 unspecified atom stereocenters. The van der Waals surface area contributed by atoms with E-state index in [0.29, 0.717) is 30.6 Å². The van der Waals surface area contributed by atoms with E-state index in [1.165, 1.54) is 0 Å². The molecule has 3 N–H and O–H groups in total. The largest absolute Gasteiger partial charge is 0.383 e. The number of aromatic nitrogens is 2. The summed E-state index contributed by atoms with van der Waals surface area (Å²) in [5.41, 5.74) is 2.40. The second-order valence-corrected chi connectivity index (χ2v) is 8.12. The minimum Gasteiger partial charge on any atom is -0.383 e. The third-order valence-electron chi connectivity index (χ3n) is 6.37. The molecule has 1 aromatic carbocycles. The van der Waals surface area contributed by atoms with Crippen LogP contribution >= 0.6 is 24.8 Å². The molecular weight excluding hydrogens is 441 g/mol. The number of fused-ring (bicyclic) bond motifs is 2. The van der Waals surface area contributed by atoms with Gasteiger partial charge in [-0.2, -0.15) is 0 Å². The fourth-order valence-corrected chi connectivity index (χ4v) is 4.71. The first-order valence-corrected chi connectivity index (χ1v) is 10.3. The van der Waals surface area contributed by atoms with Crippen LogP contribution in [0.3, 0.4) is 0 Å². The van der Waals surface area contributed by atoms with Crippen LogP contribution in [0.5, 0.6) is 0 Å². The fraction of sp³-hybridized carbons (Fsp3) is 0.619. The molecule has 1 aliphatic carbocycles. The normalized spacial score (nSPS) is 24.7. The predicted molar refractivity (Wildman–Crippen MR) is 127 cm³/mol. The molecule has 0 radical (unpaired) electrons. The molecule has 10 heteroatoms. The van der Waals surface area contributed by atoms with E-state index in [4.69, 9.17) is 9.47 Å². The van der Waals surface area contributed by atoms with Crippen LogP contribution < -0.4 is 16.0 Å². The first-order valence-electron chi connectivity index (χ1n) is 10.3. The first kappa shape index (κ1) is 25.7. The van der Waals surface area contributed by atoms with Crippen LogP contribution in [0, 0.1) is 11.8 Å². The van der Waals surface area contributed by atoms with Gasteiger partial charge in [0.15, 0.2) is 0 Å². The Bertz CT molecular complexity index is 878. The molecule has 2 fully saturated rings. The van der Waals surface area contributed by atoms with Gasteiger partial charge in [-0.15, -0.1) is 24.8 Å². The summed E-state index contributed by atoms with van der Waals surface area (Å²) >= 11 is 0. The second kappa shape index (κ2) is 11.3. The molecule has 31 heavy (non-hydrogen) atoms. The van der Waals surface area contributed by atoms with Crippen LogP contribution in [0.25, 0.3) is 11.0 Å². The van der Waals surface area contributed by atoms with Gasteiger partial charge in [0, 0.05) is 33.4 Å². The molecule has 2 aliphatic rings. The van der Waals surface area contributed by atoms with Gasteiger partial charge in [-0.1, -0.05) is 0 Å². The molecule has 2 aromatic rings. The number of aryl methyl sites for hydroxylation is 1. The topological polar surface area (TPSA) is 89.4 Å². The van der Waals surface area contributed by atoms with Crippen LogP contribution in [0.1, 0.15) is 23.2 Å². The zero-order valence-corrected chi connectivity index (χ0v) is 19.9. The van der Waals surface area contributed by atoms with Crippen molar-refractivity contribution in [1.29, 1.82) is 0 Å². The molecule has 8 nitrogen and oxygen atoms in total. The van der Waals surface area contributed by atoms with Crippen molar-refractivity contribution in [3.05, 3.63) is 23.8 Å². The molecule has 4 atom stereocenters. The summed E-state index contributed by atoms with van der Waals surface area (Å²) in [5, 5.41) is 9.94. The molecule has 1 aromatic heterocycles. The third-order valence-corrected chi connectivity index (χ3v) is 6.37. The molecule has 0 bridgehead atoms. The maximum absolute atomic E-state index is 13.0.